The Labute approximate surface area is 135 Å². The van der Waals surface area contributed by atoms with Gasteiger partial charge in [-0.2, -0.15) is 0 Å². The number of sulfone groups is 1. The van der Waals surface area contributed by atoms with Crippen LogP contribution in [0.2, 0.25) is 0 Å². The van der Waals surface area contributed by atoms with E-state index in [2.05, 4.69) is 0 Å². The predicted molar refractivity (Wildman–Crippen MR) is 85.4 cm³/mol. The minimum absolute atomic E-state index is 0.0197. The van der Waals surface area contributed by atoms with Crippen LogP contribution in [0.1, 0.15) is 20.8 Å². The lowest BCUT2D eigenvalue weighted by molar-refractivity contribution is -0.131. The first-order valence-corrected chi connectivity index (χ1v) is 8.57. The molecule has 0 aromatic heterocycles. The first-order valence-electron chi connectivity index (χ1n) is 7.09. The molecule has 122 valence electrons. The molecule has 6 heteroatoms. The summed E-state index contributed by atoms with van der Waals surface area (Å²) in [7, 11) is -3.63. The summed E-state index contributed by atoms with van der Waals surface area (Å²) in [5, 5.41) is 0. The smallest absolute Gasteiger partial charge is 0.308 e. The van der Waals surface area contributed by atoms with E-state index in [4.69, 9.17) is 9.47 Å². The van der Waals surface area contributed by atoms with Gasteiger partial charge in [-0.05, 0) is 62.4 Å². The number of hydrogen-bond acceptors (Lipinski definition) is 5. The molecule has 0 heterocycles. The Kier molecular flexibility index (Phi) is 5.05. The second-order valence-corrected chi connectivity index (χ2v) is 7.16. The summed E-state index contributed by atoms with van der Waals surface area (Å²) in [4.78, 5) is 11.2. The van der Waals surface area contributed by atoms with Crippen molar-refractivity contribution in [2.45, 2.75) is 36.7 Å². The molecule has 0 aliphatic rings. The average Bonchev–Trinajstić information content (AvgIpc) is 2.47. The normalized spacial score (nSPS) is 11.3. The fourth-order valence-electron chi connectivity index (χ4n) is 1.96. The monoisotopic (exact) mass is 334 g/mol. The van der Waals surface area contributed by atoms with E-state index in [1.165, 1.54) is 43.3 Å². The van der Waals surface area contributed by atoms with Crippen molar-refractivity contribution in [3.05, 3.63) is 48.5 Å². The average molecular weight is 334 g/mol. The van der Waals surface area contributed by atoms with Crippen molar-refractivity contribution in [1.29, 1.82) is 0 Å². The number of rotatable bonds is 5. The molecule has 0 saturated heterocycles. The van der Waals surface area contributed by atoms with Crippen molar-refractivity contribution >= 4 is 15.8 Å². The molecule has 0 bridgehead atoms. The van der Waals surface area contributed by atoms with Crippen LogP contribution < -0.4 is 9.47 Å². The van der Waals surface area contributed by atoms with Gasteiger partial charge in [0, 0.05) is 6.92 Å². The molecule has 0 saturated carbocycles. The highest BCUT2D eigenvalue weighted by Crippen LogP contribution is 2.25. The number of esters is 1. The van der Waals surface area contributed by atoms with E-state index in [0.717, 1.165) is 0 Å². The first kappa shape index (κ1) is 17.0. The van der Waals surface area contributed by atoms with Gasteiger partial charge in [0.1, 0.15) is 11.5 Å². The van der Waals surface area contributed by atoms with E-state index in [9.17, 15) is 13.2 Å². The van der Waals surface area contributed by atoms with Crippen LogP contribution in [0.5, 0.6) is 11.5 Å². The minimum Gasteiger partial charge on any atom is -0.491 e. The highest BCUT2D eigenvalue weighted by Gasteiger charge is 2.18. The molecular weight excluding hydrogens is 316 g/mol. The number of hydrogen-bond donors (Lipinski definition) is 0. The van der Waals surface area contributed by atoms with Crippen LogP contribution in [-0.4, -0.2) is 20.5 Å². The standard InChI is InChI=1S/C17H18O5S/c1-12(2)21-14-4-8-16(9-5-14)23(19,20)17-10-6-15(7-11-17)22-13(3)18/h4-12H,1-3H3. The van der Waals surface area contributed by atoms with Gasteiger partial charge in [-0.1, -0.05) is 0 Å². The molecule has 23 heavy (non-hydrogen) atoms. The Morgan fingerprint density at radius 3 is 1.70 bits per heavy atom. The zero-order chi connectivity index (χ0) is 17.0. The van der Waals surface area contributed by atoms with Gasteiger partial charge in [0.2, 0.25) is 9.84 Å². The lowest BCUT2D eigenvalue weighted by Gasteiger charge is -2.10. The maximum Gasteiger partial charge on any atom is 0.308 e. The second-order valence-electron chi connectivity index (χ2n) is 5.21. The Morgan fingerprint density at radius 2 is 1.30 bits per heavy atom. The van der Waals surface area contributed by atoms with Gasteiger partial charge in [0.05, 0.1) is 15.9 Å². The summed E-state index contributed by atoms with van der Waals surface area (Å²) in [6, 6.07) is 12.0. The molecule has 0 aliphatic carbocycles. The summed E-state index contributed by atoms with van der Waals surface area (Å²) in [6.07, 6.45) is 0.0197. The van der Waals surface area contributed by atoms with Crippen molar-refractivity contribution in [1.82, 2.24) is 0 Å². The van der Waals surface area contributed by atoms with E-state index in [0.29, 0.717) is 11.5 Å². The summed E-state index contributed by atoms with van der Waals surface area (Å²) < 4.78 is 35.5. The van der Waals surface area contributed by atoms with Gasteiger partial charge in [-0.3, -0.25) is 4.79 Å². The predicted octanol–water partition coefficient (Wildman–Crippen LogP) is 3.23. The zero-order valence-corrected chi connectivity index (χ0v) is 14.0. The maximum atomic E-state index is 12.6. The topological polar surface area (TPSA) is 69.7 Å². The number of benzene rings is 2. The summed E-state index contributed by atoms with van der Waals surface area (Å²) in [5.74, 6) is 0.461. The van der Waals surface area contributed by atoms with E-state index >= 15 is 0 Å². The number of ether oxygens (including phenoxy) is 2. The van der Waals surface area contributed by atoms with Crippen molar-refractivity contribution in [3.8, 4) is 11.5 Å². The fourth-order valence-corrected chi connectivity index (χ4v) is 3.22. The third kappa shape index (κ3) is 4.32. The van der Waals surface area contributed by atoms with Gasteiger partial charge < -0.3 is 9.47 Å². The van der Waals surface area contributed by atoms with Crippen LogP contribution in [0.15, 0.2) is 58.3 Å². The Balaban J connectivity index is 2.25. The molecule has 0 radical (unpaired) electrons. The molecule has 0 unspecified atom stereocenters. The number of carbonyl (C=O) groups is 1. The van der Waals surface area contributed by atoms with Crippen molar-refractivity contribution in [2.75, 3.05) is 0 Å². The van der Waals surface area contributed by atoms with E-state index < -0.39 is 15.8 Å². The van der Waals surface area contributed by atoms with Gasteiger partial charge in [-0.25, -0.2) is 8.42 Å². The largest absolute Gasteiger partial charge is 0.491 e. The maximum absolute atomic E-state index is 12.6. The molecule has 0 amide bonds. The first-order chi connectivity index (χ1) is 10.8. The van der Waals surface area contributed by atoms with Crippen LogP contribution in [0.3, 0.4) is 0 Å². The Morgan fingerprint density at radius 1 is 0.870 bits per heavy atom. The van der Waals surface area contributed by atoms with E-state index in [1.54, 1.807) is 12.1 Å². The minimum atomic E-state index is -3.63. The Hall–Kier alpha value is -2.34. The van der Waals surface area contributed by atoms with Crippen LogP contribution >= 0.6 is 0 Å². The molecule has 2 aromatic carbocycles. The van der Waals surface area contributed by atoms with Crippen LogP contribution in [0, 0.1) is 0 Å². The molecule has 2 rings (SSSR count). The van der Waals surface area contributed by atoms with Crippen LogP contribution in [0.4, 0.5) is 0 Å². The summed E-state index contributed by atoms with van der Waals surface area (Å²) in [5.41, 5.74) is 0. The SMILES string of the molecule is CC(=O)Oc1ccc(S(=O)(=O)c2ccc(OC(C)C)cc2)cc1. The quantitative estimate of drug-likeness (QED) is 0.620. The number of carbonyl (C=O) groups excluding carboxylic acids is 1. The fraction of sp³-hybridized carbons (Fsp3) is 0.235. The highest BCUT2D eigenvalue weighted by molar-refractivity contribution is 7.91. The second kappa shape index (κ2) is 6.83. The highest BCUT2D eigenvalue weighted by atomic mass is 32.2. The van der Waals surface area contributed by atoms with Crippen molar-refractivity contribution in [3.63, 3.8) is 0 Å². The van der Waals surface area contributed by atoms with E-state index in [1.807, 2.05) is 13.8 Å². The van der Waals surface area contributed by atoms with Crippen molar-refractivity contribution in [2.24, 2.45) is 0 Å². The molecule has 0 aliphatic heterocycles. The lowest BCUT2D eigenvalue weighted by Crippen LogP contribution is -2.06. The van der Waals surface area contributed by atoms with Gasteiger partial charge >= 0.3 is 5.97 Å². The molecule has 5 nitrogen and oxygen atoms in total. The summed E-state index contributed by atoms with van der Waals surface area (Å²) in [6.45, 7) is 5.08. The van der Waals surface area contributed by atoms with Gasteiger partial charge in [-0.15, -0.1) is 0 Å². The summed E-state index contributed by atoms with van der Waals surface area (Å²) >= 11 is 0. The van der Waals surface area contributed by atoms with Crippen LogP contribution in [0.25, 0.3) is 0 Å². The third-order valence-corrected chi connectivity index (χ3v) is 4.69. The van der Waals surface area contributed by atoms with Crippen molar-refractivity contribution < 1.29 is 22.7 Å². The molecular formula is C17H18O5S. The van der Waals surface area contributed by atoms with Gasteiger partial charge in [0.15, 0.2) is 0 Å². The van der Waals surface area contributed by atoms with Crippen LogP contribution in [-0.2, 0) is 14.6 Å². The molecule has 0 N–H and O–H groups in total. The van der Waals surface area contributed by atoms with Gasteiger partial charge in [0.25, 0.3) is 0 Å². The zero-order valence-electron chi connectivity index (χ0n) is 13.1. The molecule has 0 fully saturated rings. The molecule has 2 aromatic rings. The van der Waals surface area contributed by atoms with E-state index in [-0.39, 0.29) is 15.9 Å². The molecule has 0 atom stereocenters. The molecule has 0 spiro atoms. The lowest BCUT2D eigenvalue weighted by atomic mass is 10.3. The Bertz CT molecular complexity index is 775. The third-order valence-electron chi connectivity index (χ3n) is 2.90.